The Labute approximate surface area is 101 Å². The van der Waals surface area contributed by atoms with Gasteiger partial charge in [-0.25, -0.2) is 0 Å². The third-order valence-electron chi connectivity index (χ3n) is 3.33. The number of nitrogens with zero attached hydrogens (tertiary/aromatic N) is 1. The lowest BCUT2D eigenvalue weighted by Gasteiger charge is -2.18. The van der Waals surface area contributed by atoms with Gasteiger partial charge in [0.05, 0.1) is 0 Å². The highest BCUT2D eigenvalue weighted by Gasteiger charge is 2.23. The minimum atomic E-state index is -0.983. The molecule has 17 heavy (non-hydrogen) atoms. The summed E-state index contributed by atoms with van der Waals surface area (Å²) >= 11 is 0. The molecule has 3 N–H and O–H groups in total. The Morgan fingerprint density at radius 1 is 1.35 bits per heavy atom. The maximum atomic E-state index is 10.8. The summed E-state index contributed by atoms with van der Waals surface area (Å²) in [5, 5.41) is 8.89. The summed E-state index contributed by atoms with van der Waals surface area (Å²) < 4.78 is 0. The first-order valence-corrected chi connectivity index (χ1v) is 5.83. The monoisotopic (exact) mass is 234 g/mol. The largest absolute Gasteiger partial charge is 0.480 e. The molecule has 1 aromatic rings. The predicted molar refractivity (Wildman–Crippen MR) is 65.4 cm³/mol. The van der Waals surface area contributed by atoms with Crippen LogP contribution in [-0.2, 0) is 17.9 Å². The molecule has 0 bridgehead atoms. The van der Waals surface area contributed by atoms with Gasteiger partial charge in [-0.3, -0.25) is 9.69 Å². The molecule has 0 spiro atoms. The second-order valence-corrected chi connectivity index (χ2v) is 4.84. The number of fused-ring (bicyclic) bond motifs is 1. The number of hydrogen-bond acceptors (Lipinski definition) is 3. The summed E-state index contributed by atoms with van der Waals surface area (Å²) in [5.74, 6) is -0.983. The minimum absolute atomic E-state index is 0.499. The van der Waals surface area contributed by atoms with E-state index in [0.717, 1.165) is 13.1 Å². The Morgan fingerprint density at radius 3 is 2.59 bits per heavy atom. The third-order valence-corrected chi connectivity index (χ3v) is 3.33. The summed E-state index contributed by atoms with van der Waals surface area (Å²) in [6.45, 7) is 6.15. The van der Waals surface area contributed by atoms with Crippen molar-refractivity contribution in [3.63, 3.8) is 0 Å². The number of benzene rings is 1. The lowest BCUT2D eigenvalue weighted by atomic mass is 10.0. The van der Waals surface area contributed by atoms with Crippen molar-refractivity contribution in [1.82, 2.24) is 4.90 Å². The Kier molecular flexibility index (Phi) is 3.17. The van der Waals surface area contributed by atoms with Crippen LogP contribution in [0.1, 0.15) is 36.6 Å². The average molecular weight is 234 g/mol. The van der Waals surface area contributed by atoms with Crippen molar-refractivity contribution < 1.29 is 9.90 Å². The van der Waals surface area contributed by atoms with E-state index < -0.39 is 12.0 Å². The molecule has 0 radical (unpaired) electrons. The molecular weight excluding hydrogens is 216 g/mol. The smallest absolute Gasteiger partial charge is 0.325 e. The van der Waals surface area contributed by atoms with Crippen LogP contribution in [0, 0.1) is 0 Å². The molecule has 1 aromatic carbocycles. The van der Waals surface area contributed by atoms with Gasteiger partial charge in [0.1, 0.15) is 6.04 Å². The molecule has 0 amide bonds. The van der Waals surface area contributed by atoms with Crippen LogP contribution in [0.4, 0.5) is 0 Å². The van der Waals surface area contributed by atoms with E-state index in [0.29, 0.717) is 11.6 Å². The number of nitrogens with two attached hydrogens (primary N) is 1. The van der Waals surface area contributed by atoms with Gasteiger partial charge in [-0.05, 0) is 30.5 Å². The molecule has 4 heteroatoms. The topological polar surface area (TPSA) is 66.6 Å². The maximum absolute atomic E-state index is 10.8. The van der Waals surface area contributed by atoms with E-state index in [4.69, 9.17) is 10.8 Å². The molecule has 1 heterocycles. The van der Waals surface area contributed by atoms with Gasteiger partial charge in [0.15, 0.2) is 0 Å². The van der Waals surface area contributed by atoms with Gasteiger partial charge in [-0.1, -0.05) is 18.2 Å². The predicted octanol–water partition coefficient (Wildman–Crippen LogP) is 1.49. The molecule has 0 aromatic heterocycles. The molecule has 1 unspecified atom stereocenters. The summed E-state index contributed by atoms with van der Waals surface area (Å²) in [7, 11) is 0. The number of carboxylic acids is 1. The van der Waals surface area contributed by atoms with Crippen LogP contribution < -0.4 is 5.73 Å². The summed E-state index contributed by atoms with van der Waals surface area (Å²) in [4.78, 5) is 13.2. The van der Waals surface area contributed by atoms with Crippen LogP contribution in [0.5, 0.6) is 0 Å². The molecular formula is C13H18N2O2. The van der Waals surface area contributed by atoms with Gasteiger partial charge in [0, 0.05) is 19.1 Å². The van der Waals surface area contributed by atoms with E-state index in [9.17, 15) is 4.79 Å². The van der Waals surface area contributed by atoms with Crippen molar-refractivity contribution in [1.29, 1.82) is 0 Å². The lowest BCUT2D eigenvalue weighted by Crippen LogP contribution is -2.24. The maximum Gasteiger partial charge on any atom is 0.325 e. The molecule has 1 aliphatic heterocycles. The zero-order chi connectivity index (χ0) is 12.6. The fourth-order valence-electron chi connectivity index (χ4n) is 2.14. The average Bonchev–Trinajstić information content (AvgIpc) is 2.70. The number of carboxylic acid groups (broad SMARTS) is 1. The number of hydrogen-bond donors (Lipinski definition) is 2. The third kappa shape index (κ3) is 2.33. The van der Waals surface area contributed by atoms with Crippen LogP contribution in [0.25, 0.3) is 0 Å². The second kappa shape index (κ2) is 4.47. The van der Waals surface area contributed by atoms with Crippen LogP contribution in [0.3, 0.4) is 0 Å². The fraction of sp³-hybridized carbons (Fsp3) is 0.462. The molecule has 1 atom stereocenters. The van der Waals surface area contributed by atoms with E-state index in [1.165, 1.54) is 11.1 Å². The highest BCUT2D eigenvalue weighted by atomic mass is 16.4. The van der Waals surface area contributed by atoms with Crippen molar-refractivity contribution in [3.8, 4) is 0 Å². The zero-order valence-electron chi connectivity index (χ0n) is 10.2. The first-order chi connectivity index (χ1) is 7.99. The highest BCUT2D eigenvalue weighted by molar-refractivity contribution is 5.75. The Balaban J connectivity index is 2.24. The van der Waals surface area contributed by atoms with Crippen LogP contribution in [-0.4, -0.2) is 22.0 Å². The quantitative estimate of drug-likeness (QED) is 0.831. The van der Waals surface area contributed by atoms with Gasteiger partial charge in [-0.15, -0.1) is 0 Å². The van der Waals surface area contributed by atoms with Crippen molar-refractivity contribution in [3.05, 3.63) is 34.9 Å². The number of aliphatic carboxylic acids is 1. The molecule has 4 nitrogen and oxygen atoms in total. The van der Waals surface area contributed by atoms with Crippen molar-refractivity contribution >= 4 is 5.97 Å². The summed E-state index contributed by atoms with van der Waals surface area (Å²) in [5.41, 5.74) is 8.78. The highest BCUT2D eigenvalue weighted by Crippen LogP contribution is 2.26. The molecule has 92 valence electrons. The zero-order valence-corrected chi connectivity index (χ0v) is 10.2. The number of carbonyl (C=O) groups is 1. The summed E-state index contributed by atoms with van der Waals surface area (Å²) in [6, 6.07) is 5.32. The van der Waals surface area contributed by atoms with Crippen molar-refractivity contribution in [2.45, 2.75) is 39.0 Å². The second-order valence-electron chi connectivity index (χ2n) is 4.84. The molecule has 0 saturated heterocycles. The minimum Gasteiger partial charge on any atom is -0.480 e. The van der Waals surface area contributed by atoms with E-state index in [2.05, 4.69) is 18.7 Å². The first kappa shape index (κ1) is 12.1. The Morgan fingerprint density at radius 2 is 2.00 bits per heavy atom. The van der Waals surface area contributed by atoms with Gasteiger partial charge in [-0.2, -0.15) is 0 Å². The fourth-order valence-corrected chi connectivity index (χ4v) is 2.14. The van der Waals surface area contributed by atoms with Crippen molar-refractivity contribution in [2.24, 2.45) is 5.73 Å². The normalized spacial score (nSPS) is 17.2. The molecule has 1 aliphatic rings. The Bertz CT molecular complexity index is 443. The lowest BCUT2D eigenvalue weighted by molar-refractivity contribution is -0.138. The van der Waals surface area contributed by atoms with Gasteiger partial charge < -0.3 is 10.8 Å². The SMILES string of the molecule is CC(C)N1Cc2ccc(C(N)C(=O)O)cc2C1. The summed E-state index contributed by atoms with van der Waals surface area (Å²) in [6.07, 6.45) is 0. The van der Waals surface area contributed by atoms with Crippen LogP contribution in [0.15, 0.2) is 18.2 Å². The van der Waals surface area contributed by atoms with Crippen LogP contribution >= 0.6 is 0 Å². The van der Waals surface area contributed by atoms with Gasteiger partial charge >= 0.3 is 5.97 Å². The van der Waals surface area contributed by atoms with Crippen LogP contribution in [0.2, 0.25) is 0 Å². The van der Waals surface area contributed by atoms with Gasteiger partial charge in [0.2, 0.25) is 0 Å². The van der Waals surface area contributed by atoms with Crippen molar-refractivity contribution in [2.75, 3.05) is 0 Å². The molecule has 0 saturated carbocycles. The van der Waals surface area contributed by atoms with Gasteiger partial charge in [0.25, 0.3) is 0 Å². The van der Waals surface area contributed by atoms with E-state index in [-0.39, 0.29) is 0 Å². The molecule has 2 rings (SSSR count). The van der Waals surface area contributed by atoms with E-state index in [1.54, 1.807) is 0 Å². The van der Waals surface area contributed by atoms with E-state index >= 15 is 0 Å². The van der Waals surface area contributed by atoms with E-state index in [1.807, 2.05) is 18.2 Å². The standard InChI is InChI=1S/C13H18N2O2/c1-8(2)15-6-10-4-3-9(5-11(10)7-15)12(14)13(16)17/h3-5,8,12H,6-7,14H2,1-2H3,(H,16,17). The first-order valence-electron chi connectivity index (χ1n) is 5.83. The number of rotatable bonds is 3. The molecule has 0 aliphatic carbocycles. The Hall–Kier alpha value is -1.39. The molecule has 0 fully saturated rings.